The van der Waals surface area contributed by atoms with Crippen molar-refractivity contribution in [3.05, 3.63) is 11.6 Å². The highest BCUT2D eigenvalue weighted by molar-refractivity contribution is 5.80. The summed E-state index contributed by atoms with van der Waals surface area (Å²) >= 11 is 0. The lowest BCUT2D eigenvalue weighted by molar-refractivity contribution is 0.188. The van der Waals surface area contributed by atoms with Crippen LogP contribution in [0, 0.1) is 12.8 Å². The van der Waals surface area contributed by atoms with E-state index >= 15 is 0 Å². The molecule has 0 aromatic carbocycles. The third kappa shape index (κ3) is 4.96. The first kappa shape index (κ1) is 19.1. The summed E-state index contributed by atoms with van der Waals surface area (Å²) in [5.74, 6) is 3.64. The second kappa shape index (κ2) is 9.35. The number of aliphatic imine (C=N–C) groups is 1. The summed E-state index contributed by atoms with van der Waals surface area (Å²) in [5.41, 5.74) is 0. The first-order valence-electron chi connectivity index (χ1n) is 10.4. The summed E-state index contributed by atoms with van der Waals surface area (Å²) in [6.07, 6.45) is 6.03. The van der Waals surface area contributed by atoms with Gasteiger partial charge in [0.25, 0.3) is 0 Å². The van der Waals surface area contributed by atoms with Crippen LogP contribution in [-0.4, -0.2) is 58.3 Å². The van der Waals surface area contributed by atoms with Crippen LogP contribution in [0.2, 0.25) is 0 Å². The molecule has 1 saturated heterocycles. The fourth-order valence-corrected chi connectivity index (χ4v) is 4.04. The Labute approximate surface area is 157 Å². The second-order valence-electron chi connectivity index (χ2n) is 7.51. The van der Waals surface area contributed by atoms with Crippen molar-refractivity contribution in [2.24, 2.45) is 10.9 Å². The van der Waals surface area contributed by atoms with Gasteiger partial charge in [0.15, 0.2) is 5.96 Å². The number of fused-ring (bicyclic) bond motifs is 1. The first-order chi connectivity index (χ1) is 12.7. The van der Waals surface area contributed by atoms with Crippen LogP contribution in [0.25, 0.3) is 0 Å². The Kier molecular flexibility index (Phi) is 6.88. The molecule has 0 saturated carbocycles. The Hall–Kier alpha value is -1.63. The van der Waals surface area contributed by atoms with Crippen molar-refractivity contribution in [2.45, 2.75) is 65.5 Å². The number of nitrogens with one attached hydrogen (secondary N) is 2. The van der Waals surface area contributed by atoms with E-state index in [2.05, 4.69) is 39.5 Å². The Morgan fingerprint density at radius 1 is 1.19 bits per heavy atom. The molecule has 0 spiro atoms. The number of hydrogen-bond acceptors (Lipinski definition) is 4. The molecule has 2 N–H and O–H groups in total. The molecule has 0 amide bonds. The normalized spacial score (nSPS) is 22.3. The molecule has 7 heteroatoms. The van der Waals surface area contributed by atoms with Gasteiger partial charge in [-0.05, 0) is 71.5 Å². The minimum absolute atomic E-state index is 0.204. The van der Waals surface area contributed by atoms with Crippen LogP contribution in [-0.2, 0) is 6.54 Å². The van der Waals surface area contributed by atoms with Gasteiger partial charge < -0.3 is 15.5 Å². The van der Waals surface area contributed by atoms with Gasteiger partial charge in [0.1, 0.15) is 11.6 Å². The maximum absolute atomic E-state index is 4.84. The Balaban J connectivity index is 1.53. The van der Waals surface area contributed by atoms with E-state index in [1.54, 1.807) is 0 Å². The van der Waals surface area contributed by atoms with Crippen molar-refractivity contribution in [3.8, 4) is 0 Å². The van der Waals surface area contributed by atoms with Gasteiger partial charge in [-0.2, -0.15) is 5.10 Å². The summed E-state index contributed by atoms with van der Waals surface area (Å²) in [4.78, 5) is 12.0. The number of rotatable bonds is 6. The zero-order valence-corrected chi connectivity index (χ0v) is 16.7. The fourth-order valence-electron chi connectivity index (χ4n) is 4.04. The molecule has 0 aliphatic carbocycles. The molecule has 1 unspecified atom stereocenters. The molecule has 3 rings (SSSR count). The minimum Gasteiger partial charge on any atom is -0.357 e. The summed E-state index contributed by atoms with van der Waals surface area (Å²) in [6.45, 7) is 12.8. The van der Waals surface area contributed by atoms with E-state index in [0.29, 0.717) is 0 Å². The third-order valence-electron chi connectivity index (χ3n) is 5.60. The Morgan fingerprint density at radius 3 is 2.73 bits per heavy atom. The van der Waals surface area contributed by atoms with Crippen LogP contribution >= 0.6 is 0 Å². The van der Waals surface area contributed by atoms with E-state index in [9.17, 15) is 0 Å². The van der Waals surface area contributed by atoms with Crippen LogP contribution in [0.3, 0.4) is 0 Å². The molecule has 1 aromatic heterocycles. The molecule has 0 bridgehead atoms. The summed E-state index contributed by atoms with van der Waals surface area (Å²) < 4.78 is 2.04. The van der Waals surface area contributed by atoms with Crippen LogP contribution in [0.1, 0.15) is 63.6 Å². The SMILES string of the molecule is CCNC(=NCCC1CCN(CC)CC1)NC1CCCn2nc(C)nc21. The average Bonchev–Trinajstić information content (AvgIpc) is 3.04. The summed E-state index contributed by atoms with van der Waals surface area (Å²) in [6, 6.07) is 0.204. The highest BCUT2D eigenvalue weighted by atomic mass is 15.4. The maximum atomic E-state index is 4.84. The van der Waals surface area contributed by atoms with E-state index in [-0.39, 0.29) is 6.04 Å². The second-order valence-corrected chi connectivity index (χ2v) is 7.51. The fraction of sp³-hybridized carbons (Fsp3) is 0.842. The molecule has 1 fully saturated rings. The maximum Gasteiger partial charge on any atom is 0.191 e. The lowest BCUT2D eigenvalue weighted by atomic mass is 9.94. The van der Waals surface area contributed by atoms with Crippen molar-refractivity contribution in [1.29, 1.82) is 0 Å². The van der Waals surface area contributed by atoms with E-state index in [4.69, 9.17) is 4.99 Å². The number of aromatic nitrogens is 3. The predicted octanol–water partition coefficient (Wildman–Crippen LogP) is 2.10. The topological polar surface area (TPSA) is 70.4 Å². The van der Waals surface area contributed by atoms with Gasteiger partial charge in [-0.25, -0.2) is 9.67 Å². The van der Waals surface area contributed by atoms with Crippen LogP contribution in [0.15, 0.2) is 4.99 Å². The number of aryl methyl sites for hydroxylation is 2. The zero-order valence-electron chi connectivity index (χ0n) is 16.7. The lowest BCUT2D eigenvalue weighted by Crippen LogP contribution is -2.41. The van der Waals surface area contributed by atoms with Gasteiger partial charge in [0.05, 0.1) is 6.04 Å². The molecule has 1 atom stereocenters. The third-order valence-corrected chi connectivity index (χ3v) is 5.60. The van der Waals surface area contributed by atoms with Crippen LogP contribution < -0.4 is 10.6 Å². The Morgan fingerprint density at radius 2 is 2.00 bits per heavy atom. The van der Waals surface area contributed by atoms with Crippen molar-refractivity contribution in [3.63, 3.8) is 0 Å². The van der Waals surface area contributed by atoms with Gasteiger partial charge in [-0.15, -0.1) is 0 Å². The zero-order chi connectivity index (χ0) is 18.4. The summed E-state index contributed by atoms with van der Waals surface area (Å²) in [7, 11) is 0. The van der Waals surface area contributed by atoms with E-state index < -0.39 is 0 Å². The predicted molar refractivity (Wildman–Crippen MR) is 105 cm³/mol. The molecular formula is C19H35N7. The highest BCUT2D eigenvalue weighted by Gasteiger charge is 2.24. The largest absolute Gasteiger partial charge is 0.357 e. The number of likely N-dealkylation sites (tertiary alicyclic amines) is 1. The minimum atomic E-state index is 0.204. The molecule has 2 aliphatic heterocycles. The molecule has 146 valence electrons. The quantitative estimate of drug-likeness (QED) is 0.600. The van der Waals surface area contributed by atoms with Gasteiger partial charge in [0, 0.05) is 19.6 Å². The molecule has 2 aliphatic rings. The molecule has 0 radical (unpaired) electrons. The van der Waals surface area contributed by atoms with E-state index in [1.807, 2.05) is 11.6 Å². The number of piperidine rings is 1. The van der Waals surface area contributed by atoms with Gasteiger partial charge >= 0.3 is 0 Å². The van der Waals surface area contributed by atoms with Gasteiger partial charge in [0.2, 0.25) is 0 Å². The molecule has 7 nitrogen and oxygen atoms in total. The van der Waals surface area contributed by atoms with E-state index in [0.717, 1.165) is 56.0 Å². The van der Waals surface area contributed by atoms with Crippen LogP contribution in [0.4, 0.5) is 0 Å². The van der Waals surface area contributed by atoms with Crippen LogP contribution in [0.5, 0.6) is 0 Å². The number of guanidine groups is 1. The molecule has 1 aromatic rings. The molecular weight excluding hydrogens is 326 g/mol. The van der Waals surface area contributed by atoms with Gasteiger partial charge in [-0.1, -0.05) is 6.92 Å². The highest BCUT2D eigenvalue weighted by Crippen LogP contribution is 2.23. The van der Waals surface area contributed by atoms with Crippen molar-refractivity contribution < 1.29 is 0 Å². The molecule has 26 heavy (non-hydrogen) atoms. The smallest absolute Gasteiger partial charge is 0.191 e. The van der Waals surface area contributed by atoms with E-state index in [1.165, 1.54) is 38.9 Å². The van der Waals surface area contributed by atoms with Gasteiger partial charge in [-0.3, -0.25) is 4.99 Å². The lowest BCUT2D eigenvalue weighted by Gasteiger charge is -2.30. The first-order valence-corrected chi connectivity index (χ1v) is 10.4. The summed E-state index contributed by atoms with van der Waals surface area (Å²) in [5, 5.41) is 11.5. The molecule has 3 heterocycles. The van der Waals surface area contributed by atoms with Crippen molar-refractivity contribution in [1.82, 2.24) is 30.3 Å². The van der Waals surface area contributed by atoms with Crippen molar-refractivity contribution in [2.75, 3.05) is 32.7 Å². The monoisotopic (exact) mass is 361 g/mol. The standard InChI is InChI=1S/C19H35N7/c1-4-20-19(21-11-8-16-9-13-25(5-2)14-10-16)23-17-7-6-12-26-18(17)22-15(3)24-26/h16-17H,4-14H2,1-3H3,(H2,20,21,23). The van der Waals surface area contributed by atoms with Crippen molar-refractivity contribution >= 4 is 5.96 Å². The number of hydrogen-bond donors (Lipinski definition) is 2. The number of nitrogens with zero attached hydrogens (tertiary/aromatic N) is 5. The Bertz CT molecular complexity index is 587. The average molecular weight is 362 g/mol.